The number of rotatable bonds is 7. The van der Waals surface area contributed by atoms with Crippen molar-refractivity contribution in [2.75, 3.05) is 13.2 Å². The minimum absolute atomic E-state index is 0.234. The van der Waals surface area contributed by atoms with Crippen LogP contribution in [0.25, 0.3) is 0 Å². The van der Waals surface area contributed by atoms with Gasteiger partial charge < -0.3 is 5.11 Å². The second-order valence-electron chi connectivity index (χ2n) is 5.28. The Hall–Kier alpha value is -2.27. The molecular weight excluding hydrogens is 285 g/mol. The van der Waals surface area contributed by atoms with Crippen molar-refractivity contribution in [2.24, 2.45) is 5.92 Å². The van der Waals surface area contributed by atoms with E-state index >= 15 is 0 Å². The first-order valence-corrected chi connectivity index (χ1v) is 7.12. The van der Waals surface area contributed by atoms with Gasteiger partial charge in [-0.05, 0) is 29.5 Å². The topological polar surface area (TPSA) is 63.4 Å². The maximum atomic E-state index is 14.0. The van der Waals surface area contributed by atoms with E-state index in [-0.39, 0.29) is 12.2 Å². The van der Waals surface area contributed by atoms with Gasteiger partial charge >= 0.3 is 0 Å². The number of nitro groups is 1. The molecule has 0 spiro atoms. The fraction of sp³-hybridized carbons (Fsp3) is 0.294. The predicted molar refractivity (Wildman–Crippen MR) is 81.7 cm³/mol. The van der Waals surface area contributed by atoms with Crippen LogP contribution < -0.4 is 0 Å². The summed E-state index contributed by atoms with van der Waals surface area (Å²) in [7, 11) is 0. The van der Waals surface area contributed by atoms with Crippen LogP contribution in [-0.4, -0.2) is 23.2 Å². The number of nitrogens with zero attached hydrogens (tertiary/aromatic N) is 1. The number of halogens is 1. The van der Waals surface area contributed by atoms with Crippen molar-refractivity contribution in [2.45, 2.75) is 12.3 Å². The Balaban J connectivity index is 2.30. The van der Waals surface area contributed by atoms with E-state index < -0.39 is 29.1 Å². The SMILES string of the molecule is O=[N+]([O-])C[C@H](c1ccccc1F)[C@H](CO)Cc1ccccc1. The molecule has 0 bridgehead atoms. The first kappa shape index (κ1) is 16.1. The Morgan fingerprint density at radius 3 is 2.32 bits per heavy atom. The Kier molecular flexibility index (Phi) is 5.61. The molecule has 0 amide bonds. The zero-order valence-corrected chi connectivity index (χ0v) is 12.1. The molecule has 0 unspecified atom stereocenters. The van der Waals surface area contributed by atoms with Crippen molar-refractivity contribution < 1.29 is 14.4 Å². The van der Waals surface area contributed by atoms with Gasteiger partial charge in [-0.3, -0.25) is 10.1 Å². The summed E-state index contributed by atoms with van der Waals surface area (Å²) in [5.41, 5.74) is 1.25. The lowest BCUT2D eigenvalue weighted by Gasteiger charge is -2.23. The quantitative estimate of drug-likeness (QED) is 0.631. The van der Waals surface area contributed by atoms with Crippen LogP contribution in [0.15, 0.2) is 54.6 Å². The van der Waals surface area contributed by atoms with Gasteiger partial charge in [-0.15, -0.1) is 0 Å². The minimum Gasteiger partial charge on any atom is -0.396 e. The largest absolute Gasteiger partial charge is 0.396 e. The highest BCUT2D eigenvalue weighted by molar-refractivity contribution is 5.24. The van der Waals surface area contributed by atoms with E-state index in [0.717, 1.165) is 5.56 Å². The molecule has 0 saturated heterocycles. The number of benzene rings is 2. The summed E-state index contributed by atoms with van der Waals surface area (Å²) in [5, 5.41) is 20.6. The molecule has 1 N–H and O–H groups in total. The van der Waals surface area contributed by atoms with Crippen LogP contribution in [0, 0.1) is 21.8 Å². The molecule has 22 heavy (non-hydrogen) atoms. The predicted octanol–water partition coefficient (Wildman–Crippen LogP) is 3.04. The van der Waals surface area contributed by atoms with Crippen molar-refractivity contribution in [1.29, 1.82) is 0 Å². The molecule has 2 aromatic carbocycles. The Morgan fingerprint density at radius 2 is 1.73 bits per heavy atom. The fourth-order valence-corrected chi connectivity index (χ4v) is 2.69. The summed E-state index contributed by atoms with van der Waals surface area (Å²) in [5.74, 6) is -1.55. The van der Waals surface area contributed by atoms with Gasteiger partial charge in [0.05, 0.1) is 5.92 Å². The van der Waals surface area contributed by atoms with Crippen LogP contribution in [0.1, 0.15) is 17.0 Å². The van der Waals surface area contributed by atoms with E-state index in [0.29, 0.717) is 6.42 Å². The van der Waals surface area contributed by atoms with E-state index in [4.69, 9.17) is 0 Å². The molecule has 2 rings (SSSR count). The summed E-state index contributed by atoms with van der Waals surface area (Å²) in [6.45, 7) is -0.638. The lowest BCUT2D eigenvalue weighted by Crippen LogP contribution is -2.26. The van der Waals surface area contributed by atoms with Crippen LogP contribution in [0.4, 0.5) is 4.39 Å². The monoisotopic (exact) mass is 303 g/mol. The van der Waals surface area contributed by atoms with Crippen LogP contribution in [0.5, 0.6) is 0 Å². The third-order valence-corrected chi connectivity index (χ3v) is 3.79. The van der Waals surface area contributed by atoms with Gasteiger partial charge in [-0.25, -0.2) is 4.39 Å². The first-order chi connectivity index (χ1) is 10.6. The van der Waals surface area contributed by atoms with Crippen molar-refractivity contribution in [1.82, 2.24) is 0 Å². The van der Waals surface area contributed by atoms with Crippen molar-refractivity contribution in [3.8, 4) is 0 Å². The van der Waals surface area contributed by atoms with E-state index in [1.54, 1.807) is 18.2 Å². The molecule has 0 heterocycles. The molecule has 0 aliphatic carbocycles. The Bertz CT molecular complexity index is 618. The minimum atomic E-state index is -0.665. The van der Waals surface area contributed by atoms with E-state index in [2.05, 4.69) is 0 Å². The summed E-state index contributed by atoms with van der Waals surface area (Å²) >= 11 is 0. The van der Waals surface area contributed by atoms with Crippen LogP contribution >= 0.6 is 0 Å². The second kappa shape index (κ2) is 7.66. The van der Waals surface area contributed by atoms with Gasteiger partial charge in [0.25, 0.3) is 0 Å². The van der Waals surface area contributed by atoms with Gasteiger partial charge in [0.15, 0.2) is 0 Å². The first-order valence-electron chi connectivity index (χ1n) is 7.12. The molecule has 2 aromatic rings. The Morgan fingerprint density at radius 1 is 1.09 bits per heavy atom. The van der Waals surface area contributed by atoms with Gasteiger partial charge in [0, 0.05) is 11.5 Å². The fourth-order valence-electron chi connectivity index (χ4n) is 2.69. The van der Waals surface area contributed by atoms with Crippen molar-refractivity contribution >= 4 is 0 Å². The zero-order valence-electron chi connectivity index (χ0n) is 12.1. The van der Waals surface area contributed by atoms with Crippen LogP contribution in [-0.2, 0) is 6.42 Å². The highest BCUT2D eigenvalue weighted by Crippen LogP contribution is 2.29. The smallest absolute Gasteiger partial charge is 0.211 e. The number of hydrogen-bond acceptors (Lipinski definition) is 3. The summed E-state index contributed by atoms with van der Waals surface area (Å²) in [6.07, 6.45) is 0.462. The molecule has 0 saturated carbocycles. The van der Waals surface area contributed by atoms with Crippen LogP contribution in [0.3, 0.4) is 0 Å². The van der Waals surface area contributed by atoms with Gasteiger partial charge in [-0.2, -0.15) is 0 Å². The molecule has 0 aliphatic rings. The molecule has 116 valence electrons. The summed E-state index contributed by atoms with van der Waals surface area (Å²) in [6, 6.07) is 15.5. The van der Waals surface area contributed by atoms with Crippen molar-refractivity contribution in [3.05, 3.63) is 81.7 Å². The van der Waals surface area contributed by atoms with E-state index in [9.17, 15) is 19.6 Å². The van der Waals surface area contributed by atoms with Gasteiger partial charge in [-0.1, -0.05) is 48.5 Å². The van der Waals surface area contributed by atoms with E-state index in [1.165, 1.54) is 6.07 Å². The highest BCUT2D eigenvalue weighted by Gasteiger charge is 2.29. The Labute approximate surface area is 128 Å². The number of aliphatic hydroxyl groups excluding tert-OH is 1. The summed E-state index contributed by atoms with van der Waals surface area (Å²) < 4.78 is 14.0. The third kappa shape index (κ3) is 4.11. The average molecular weight is 303 g/mol. The van der Waals surface area contributed by atoms with Gasteiger partial charge in [0.1, 0.15) is 5.82 Å². The second-order valence-corrected chi connectivity index (χ2v) is 5.28. The molecule has 2 atom stereocenters. The lowest BCUT2D eigenvalue weighted by atomic mass is 9.82. The normalized spacial score (nSPS) is 13.5. The zero-order chi connectivity index (χ0) is 15.9. The van der Waals surface area contributed by atoms with Crippen LogP contribution in [0.2, 0.25) is 0 Å². The van der Waals surface area contributed by atoms with Gasteiger partial charge in [0.2, 0.25) is 6.54 Å². The standard InChI is InChI=1S/C17H18FNO3/c18-17-9-5-4-8-15(17)16(11-19(21)22)14(12-20)10-13-6-2-1-3-7-13/h1-9,14,16,20H,10-12H2/t14-,16-/m0/s1. The lowest BCUT2D eigenvalue weighted by molar-refractivity contribution is -0.485. The molecule has 0 aliphatic heterocycles. The molecule has 0 fully saturated rings. The summed E-state index contributed by atoms with van der Waals surface area (Å²) in [4.78, 5) is 10.5. The van der Waals surface area contributed by atoms with Crippen molar-refractivity contribution in [3.63, 3.8) is 0 Å². The molecule has 0 aromatic heterocycles. The highest BCUT2D eigenvalue weighted by atomic mass is 19.1. The maximum absolute atomic E-state index is 14.0. The molecule has 5 heteroatoms. The average Bonchev–Trinajstić information content (AvgIpc) is 2.52. The molecule has 0 radical (unpaired) electrons. The number of hydrogen-bond donors (Lipinski definition) is 1. The van der Waals surface area contributed by atoms with E-state index in [1.807, 2.05) is 30.3 Å². The molecular formula is C17H18FNO3. The molecule has 4 nitrogen and oxygen atoms in total. The number of aliphatic hydroxyl groups is 1. The third-order valence-electron chi connectivity index (χ3n) is 3.79. The maximum Gasteiger partial charge on any atom is 0.211 e.